The van der Waals surface area contributed by atoms with Gasteiger partial charge in [-0.05, 0) is 24.5 Å². The lowest BCUT2D eigenvalue weighted by molar-refractivity contribution is 0.746. The van der Waals surface area contributed by atoms with E-state index in [1.807, 2.05) is 30.1 Å². The van der Waals surface area contributed by atoms with Gasteiger partial charge in [0, 0.05) is 18.8 Å². The number of nitrogens with zero attached hydrogens (tertiary/aromatic N) is 2. The van der Waals surface area contributed by atoms with Crippen LogP contribution in [0.15, 0.2) is 30.5 Å². The molecular formula is C14H19N3. The summed E-state index contributed by atoms with van der Waals surface area (Å²) in [6.45, 7) is 4.20. The van der Waals surface area contributed by atoms with Gasteiger partial charge in [0.25, 0.3) is 0 Å². The van der Waals surface area contributed by atoms with Crippen molar-refractivity contribution >= 4 is 0 Å². The number of aryl methyl sites for hydroxylation is 3. The Bertz CT molecular complexity index is 514. The maximum atomic E-state index is 6.35. The maximum absolute atomic E-state index is 6.35. The number of nitrogens with two attached hydrogens (primary N) is 1. The molecule has 0 saturated carbocycles. The average Bonchev–Trinajstić information content (AvgIpc) is 2.70. The normalized spacial score (nSPS) is 12.7. The molecule has 0 aliphatic rings. The van der Waals surface area contributed by atoms with Crippen LogP contribution in [0.4, 0.5) is 0 Å². The van der Waals surface area contributed by atoms with E-state index in [0.29, 0.717) is 0 Å². The zero-order valence-electron chi connectivity index (χ0n) is 10.6. The van der Waals surface area contributed by atoms with Gasteiger partial charge in [0.1, 0.15) is 0 Å². The van der Waals surface area contributed by atoms with Gasteiger partial charge in [-0.25, -0.2) is 0 Å². The Hall–Kier alpha value is -1.61. The molecule has 0 spiro atoms. The molecule has 1 aromatic carbocycles. The van der Waals surface area contributed by atoms with Gasteiger partial charge in [-0.2, -0.15) is 5.10 Å². The third kappa shape index (κ3) is 2.24. The smallest absolute Gasteiger partial charge is 0.0672 e. The first-order valence-corrected chi connectivity index (χ1v) is 5.97. The standard InChI is InChI=1S/C14H19N3/c1-4-13-12(9-17(3)16-13)14(15)11-8-6-5-7-10(11)2/h5-9,14H,4,15H2,1-3H3. The highest BCUT2D eigenvalue weighted by Crippen LogP contribution is 2.24. The molecule has 2 rings (SSSR count). The molecule has 0 aliphatic carbocycles. The first-order chi connectivity index (χ1) is 8.13. The lowest BCUT2D eigenvalue weighted by atomic mass is 9.96. The van der Waals surface area contributed by atoms with Crippen LogP contribution >= 0.6 is 0 Å². The zero-order valence-corrected chi connectivity index (χ0v) is 10.6. The van der Waals surface area contributed by atoms with E-state index in [1.165, 1.54) is 11.1 Å². The van der Waals surface area contributed by atoms with Crippen LogP contribution in [0.1, 0.15) is 35.3 Å². The molecule has 0 aliphatic heterocycles. The molecule has 2 N–H and O–H groups in total. The van der Waals surface area contributed by atoms with Crippen molar-refractivity contribution in [2.45, 2.75) is 26.3 Å². The molecule has 1 heterocycles. The van der Waals surface area contributed by atoms with Crippen LogP contribution in [-0.4, -0.2) is 9.78 Å². The number of hydrogen-bond donors (Lipinski definition) is 1. The Kier molecular flexibility index (Phi) is 3.29. The van der Waals surface area contributed by atoms with Gasteiger partial charge in [0.05, 0.1) is 11.7 Å². The van der Waals surface area contributed by atoms with Crippen LogP contribution in [-0.2, 0) is 13.5 Å². The summed E-state index contributed by atoms with van der Waals surface area (Å²) in [7, 11) is 1.94. The molecule has 0 bridgehead atoms. The van der Waals surface area contributed by atoms with Crippen molar-refractivity contribution in [2.75, 3.05) is 0 Å². The second kappa shape index (κ2) is 4.72. The molecule has 0 fully saturated rings. The van der Waals surface area contributed by atoms with Crippen LogP contribution in [0.25, 0.3) is 0 Å². The minimum absolute atomic E-state index is 0.0835. The Morgan fingerprint density at radius 2 is 2.00 bits per heavy atom. The summed E-state index contributed by atoms with van der Waals surface area (Å²) in [5.41, 5.74) is 11.0. The van der Waals surface area contributed by atoms with Crippen molar-refractivity contribution in [3.8, 4) is 0 Å². The number of aromatic nitrogens is 2. The first-order valence-electron chi connectivity index (χ1n) is 5.97. The summed E-state index contributed by atoms with van der Waals surface area (Å²) >= 11 is 0. The van der Waals surface area contributed by atoms with Crippen LogP contribution in [0.2, 0.25) is 0 Å². The van der Waals surface area contributed by atoms with Crippen molar-refractivity contribution in [1.29, 1.82) is 0 Å². The lowest BCUT2D eigenvalue weighted by Crippen LogP contribution is -2.14. The topological polar surface area (TPSA) is 43.8 Å². The molecule has 3 heteroatoms. The number of hydrogen-bond acceptors (Lipinski definition) is 2. The molecule has 2 aromatic rings. The van der Waals surface area contributed by atoms with Crippen LogP contribution < -0.4 is 5.73 Å². The molecule has 1 aromatic heterocycles. The second-order valence-electron chi connectivity index (χ2n) is 4.39. The Morgan fingerprint density at radius 3 is 2.65 bits per heavy atom. The quantitative estimate of drug-likeness (QED) is 0.878. The van der Waals surface area contributed by atoms with E-state index in [2.05, 4.69) is 31.1 Å². The monoisotopic (exact) mass is 229 g/mol. The Balaban J connectivity index is 2.43. The van der Waals surface area contributed by atoms with Gasteiger partial charge in [-0.1, -0.05) is 31.2 Å². The third-order valence-corrected chi connectivity index (χ3v) is 3.13. The van der Waals surface area contributed by atoms with E-state index in [1.54, 1.807) is 0 Å². The zero-order chi connectivity index (χ0) is 12.4. The summed E-state index contributed by atoms with van der Waals surface area (Å²) in [6, 6.07) is 8.17. The average molecular weight is 229 g/mol. The minimum Gasteiger partial charge on any atom is -0.320 e. The van der Waals surface area contributed by atoms with E-state index >= 15 is 0 Å². The fraction of sp³-hybridized carbons (Fsp3) is 0.357. The first kappa shape index (κ1) is 11.9. The van der Waals surface area contributed by atoms with E-state index in [9.17, 15) is 0 Å². The number of rotatable bonds is 3. The van der Waals surface area contributed by atoms with E-state index in [0.717, 1.165) is 17.7 Å². The fourth-order valence-corrected chi connectivity index (χ4v) is 2.19. The van der Waals surface area contributed by atoms with Crippen molar-refractivity contribution in [3.63, 3.8) is 0 Å². The SMILES string of the molecule is CCc1nn(C)cc1C(N)c1ccccc1C. The molecule has 3 nitrogen and oxygen atoms in total. The van der Waals surface area contributed by atoms with E-state index in [-0.39, 0.29) is 6.04 Å². The summed E-state index contributed by atoms with van der Waals surface area (Å²) in [4.78, 5) is 0. The molecule has 17 heavy (non-hydrogen) atoms. The predicted molar refractivity (Wildman–Crippen MR) is 69.8 cm³/mol. The minimum atomic E-state index is -0.0835. The Labute approximate surface area is 102 Å². The van der Waals surface area contributed by atoms with Gasteiger partial charge in [0.15, 0.2) is 0 Å². The van der Waals surface area contributed by atoms with Crippen molar-refractivity contribution < 1.29 is 0 Å². The van der Waals surface area contributed by atoms with Crippen LogP contribution in [0.5, 0.6) is 0 Å². The van der Waals surface area contributed by atoms with Crippen LogP contribution in [0, 0.1) is 6.92 Å². The molecule has 0 radical (unpaired) electrons. The molecule has 0 saturated heterocycles. The van der Waals surface area contributed by atoms with Gasteiger partial charge in [-0.15, -0.1) is 0 Å². The largest absolute Gasteiger partial charge is 0.320 e. The summed E-state index contributed by atoms with van der Waals surface area (Å²) in [6.07, 6.45) is 2.94. The van der Waals surface area contributed by atoms with E-state index < -0.39 is 0 Å². The van der Waals surface area contributed by atoms with Gasteiger partial charge in [-0.3, -0.25) is 4.68 Å². The summed E-state index contributed by atoms with van der Waals surface area (Å²) < 4.78 is 1.84. The van der Waals surface area contributed by atoms with Crippen molar-refractivity contribution in [1.82, 2.24) is 9.78 Å². The molecule has 0 amide bonds. The van der Waals surface area contributed by atoms with Gasteiger partial charge < -0.3 is 5.73 Å². The second-order valence-corrected chi connectivity index (χ2v) is 4.39. The lowest BCUT2D eigenvalue weighted by Gasteiger charge is -2.14. The van der Waals surface area contributed by atoms with Gasteiger partial charge in [0.2, 0.25) is 0 Å². The molecular weight excluding hydrogens is 210 g/mol. The summed E-state index contributed by atoms with van der Waals surface area (Å²) in [5, 5.41) is 4.44. The fourth-order valence-electron chi connectivity index (χ4n) is 2.19. The predicted octanol–water partition coefficient (Wildman–Crippen LogP) is 2.34. The maximum Gasteiger partial charge on any atom is 0.0672 e. The highest BCUT2D eigenvalue weighted by Gasteiger charge is 2.16. The molecule has 90 valence electrons. The highest BCUT2D eigenvalue weighted by atomic mass is 15.3. The van der Waals surface area contributed by atoms with Crippen molar-refractivity contribution in [3.05, 3.63) is 52.8 Å². The van der Waals surface area contributed by atoms with Crippen LogP contribution in [0.3, 0.4) is 0 Å². The molecule has 1 unspecified atom stereocenters. The van der Waals surface area contributed by atoms with E-state index in [4.69, 9.17) is 5.73 Å². The van der Waals surface area contributed by atoms with Crippen molar-refractivity contribution in [2.24, 2.45) is 12.8 Å². The highest BCUT2D eigenvalue weighted by molar-refractivity contribution is 5.37. The Morgan fingerprint density at radius 1 is 1.29 bits per heavy atom. The number of benzene rings is 1. The molecule has 1 atom stereocenters. The summed E-state index contributed by atoms with van der Waals surface area (Å²) in [5.74, 6) is 0. The third-order valence-electron chi connectivity index (χ3n) is 3.13. The van der Waals surface area contributed by atoms with Gasteiger partial charge >= 0.3 is 0 Å².